The van der Waals surface area contributed by atoms with E-state index in [1.54, 1.807) is 0 Å². The van der Waals surface area contributed by atoms with Crippen LogP contribution in [-0.4, -0.2) is 23.0 Å². The summed E-state index contributed by atoms with van der Waals surface area (Å²) in [5.41, 5.74) is 5.59. The number of carbonyl (C=O) groups excluding carboxylic acids is 1. The lowest BCUT2D eigenvalue weighted by molar-refractivity contribution is -0.138. The summed E-state index contributed by atoms with van der Waals surface area (Å²) in [7, 11) is 0. The fraction of sp³-hybridized carbons (Fsp3) is 0.200. The van der Waals surface area contributed by atoms with E-state index in [9.17, 15) is 14.0 Å². The molecular weight excluding hydrogens is 251 g/mol. The minimum absolute atomic E-state index is 0.144. The van der Waals surface area contributed by atoms with Gasteiger partial charge in [-0.25, -0.2) is 4.39 Å². The van der Waals surface area contributed by atoms with E-state index in [2.05, 4.69) is 5.32 Å². The molecule has 1 amide bonds. The summed E-state index contributed by atoms with van der Waals surface area (Å²) in [6, 6.07) is 2.42. The van der Waals surface area contributed by atoms with Crippen molar-refractivity contribution in [2.45, 2.75) is 12.5 Å². The van der Waals surface area contributed by atoms with Crippen molar-refractivity contribution in [3.63, 3.8) is 0 Å². The summed E-state index contributed by atoms with van der Waals surface area (Å²) in [6.07, 6.45) is -0.485. The average molecular weight is 261 g/mol. The van der Waals surface area contributed by atoms with Gasteiger partial charge in [-0.1, -0.05) is 11.6 Å². The van der Waals surface area contributed by atoms with E-state index in [1.807, 2.05) is 0 Å². The third kappa shape index (κ3) is 4.01. The van der Waals surface area contributed by atoms with Crippen LogP contribution in [0.4, 0.5) is 10.1 Å². The smallest absolute Gasteiger partial charge is 0.305 e. The van der Waals surface area contributed by atoms with Crippen molar-refractivity contribution in [3.05, 3.63) is 29.0 Å². The molecule has 0 bridgehead atoms. The second kappa shape index (κ2) is 5.60. The summed E-state index contributed by atoms with van der Waals surface area (Å²) >= 11 is 5.51. The van der Waals surface area contributed by atoms with Crippen LogP contribution in [0.2, 0.25) is 5.02 Å². The molecule has 0 heterocycles. The monoisotopic (exact) mass is 260 g/mol. The maximum atomic E-state index is 12.8. The Balaban J connectivity index is 2.67. The number of hydrogen-bond acceptors (Lipinski definition) is 3. The second-order valence-corrected chi connectivity index (χ2v) is 3.73. The first-order valence-electron chi connectivity index (χ1n) is 4.63. The van der Waals surface area contributed by atoms with Crippen molar-refractivity contribution in [1.29, 1.82) is 0 Å². The lowest BCUT2D eigenvalue weighted by atomic mass is 10.2. The van der Waals surface area contributed by atoms with Crippen LogP contribution in [0.15, 0.2) is 18.2 Å². The Hall–Kier alpha value is -1.66. The Morgan fingerprint density at radius 2 is 2.18 bits per heavy atom. The van der Waals surface area contributed by atoms with Crippen molar-refractivity contribution >= 4 is 29.2 Å². The molecule has 0 saturated carbocycles. The van der Waals surface area contributed by atoms with Crippen LogP contribution in [0.5, 0.6) is 0 Å². The SMILES string of the molecule is NC(CC(=O)O)C(=O)Nc1ccc(F)c(Cl)c1. The number of aliphatic carboxylic acids is 1. The summed E-state index contributed by atoms with van der Waals surface area (Å²) < 4.78 is 12.8. The molecule has 92 valence electrons. The summed E-state index contributed by atoms with van der Waals surface area (Å²) in [5, 5.41) is 10.6. The van der Waals surface area contributed by atoms with Crippen LogP contribution in [0.1, 0.15) is 6.42 Å². The maximum absolute atomic E-state index is 12.8. The zero-order valence-corrected chi connectivity index (χ0v) is 9.37. The van der Waals surface area contributed by atoms with Gasteiger partial charge in [-0.05, 0) is 18.2 Å². The molecule has 7 heteroatoms. The molecule has 0 aliphatic heterocycles. The quantitative estimate of drug-likeness (QED) is 0.759. The number of anilines is 1. The Morgan fingerprint density at radius 1 is 1.53 bits per heavy atom. The van der Waals surface area contributed by atoms with Gasteiger partial charge < -0.3 is 16.2 Å². The Labute approximate surface area is 101 Å². The van der Waals surface area contributed by atoms with Crippen molar-refractivity contribution in [2.24, 2.45) is 5.73 Å². The molecule has 0 spiro atoms. The number of carboxylic acids is 1. The van der Waals surface area contributed by atoms with Crippen molar-refractivity contribution < 1.29 is 19.1 Å². The van der Waals surface area contributed by atoms with Crippen LogP contribution >= 0.6 is 11.6 Å². The lowest BCUT2D eigenvalue weighted by Crippen LogP contribution is -2.37. The standard InChI is InChI=1S/C10H10ClFN2O3/c11-6-3-5(1-2-7(6)12)14-10(17)8(13)4-9(15)16/h1-3,8H,4,13H2,(H,14,17)(H,15,16). The number of nitrogens with two attached hydrogens (primary N) is 1. The highest BCUT2D eigenvalue weighted by atomic mass is 35.5. The molecule has 0 fully saturated rings. The third-order valence-electron chi connectivity index (χ3n) is 1.92. The lowest BCUT2D eigenvalue weighted by Gasteiger charge is -2.10. The highest BCUT2D eigenvalue weighted by Crippen LogP contribution is 2.19. The van der Waals surface area contributed by atoms with Gasteiger partial charge in [0.2, 0.25) is 5.91 Å². The summed E-state index contributed by atoms with van der Waals surface area (Å²) in [4.78, 5) is 21.7. The van der Waals surface area contributed by atoms with Crippen molar-refractivity contribution in [2.75, 3.05) is 5.32 Å². The van der Waals surface area contributed by atoms with E-state index in [0.29, 0.717) is 0 Å². The van der Waals surface area contributed by atoms with Crippen LogP contribution < -0.4 is 11.1 Å². The number of rotatable bonds is 4. The molecule has 1 aromatic carbocycles. The van der Waals surface area contributed by atoms with E-state index in [-0.39, 0.29) is 10.7 Å². The molecule has 1 unspecified atom stereocenters. The zero-order valence-electron chi connectivity index (χ0n) is 8.61. The second-order valence-electron chi connectivity index (χ2n) is 3.32. The van der Waals surface area contributed by atoms with Gasteiger partial charge in [-0.15, -0.1) is 0 Å². The van der Waals surface area contributed by atoms with Crippen LogP contribution in [0.3, 0.4) is 0 Å². The maximum Gasteiger partial charge on any atom is 0.305 e. The number of carbonyl (C=O) groups is 2. The average Bonchev–Trinajstić information content (AvgIpc) is 2.22. The van der Waals surface area contributed by atoms with Gasteiger partial charge in [0, 0.05) is 5.69 Å². The first-order chi connectivity index (χ1) is 7.90. The van der Waals surface area contributed by atoms with Gasteiger partial charge in [0.1, 0.15) is 5.82 Å². The number of halogens is 2. The summed E-state index contributed by atoms with van der Waals surface area (Å²) in [6.45, 7) is 0. The molecule has 0 aromatic heterocycles. The van der Waals surface area contributed by atoms with Crippen LogP contribution in [-0.2, 0) is 9.59 Å². The summed E-state index contributed by atoms with van der Waals surface area (Å²) in [5.74, 6) is -2.46. The van der Waals surface area contributed by atoms with Gasteiger partial charge in [0.05, 0.1) is 17.5 Å². The largest absolute Gasteiger partial charge is 0.481 e. The number of amides is 1. The van der Waals surface area contributed by atoms with E-state index < -0.39 is 30.2 Å². The van der Waals surface area contributed by atoms with E-state index in [0.717, 1.165) is 6.07 Å². The number of benzene rings is 1. The van der Waals surface area contributed by atoms with Gasteiger partial charge in [0.25, 0.3) is 0 Å². The first-order valence-corrected chi connectivity index (χ1v) is 5.01. The fourth-order valence-electron chi connectivity index (χ4n) is 1.09. The Bertz CT molecular complexity index is 453. The van der Waals surface area contributed by atoms with Gasteiger partial charge in [0.15, 0.2) is 0 Å². The Kier molecular flexibility index (Phi) is 4.42. The third-order valence-corrected chi connectivity index (χ3v) is 2.21. The number of carboxylic acid groups (broad SMARTS) is 1. The van der Waals surface area contributed by atoms with E-state index in [1.165, 1.54) is 12.1 Å². The highest BCUT2D eigenvalue weighted by molar-refractivity contribution is 6.31. The molecule has 0 radical (unpaired) electrons. The molecule has 0 aliphatic rings. The predicted octanol–water partition coefficient (Wildman–Crippen LogP) is 1.22. The molecule has 1 aromatic rings. The molecule has 17 heavy (non-hydrogen) atoms. The molecule has 5 nitrogen and oxygen atoms in total. The van der Waals surface area contributed by atoms with E-state index in [4.69, 9.17) is 22.4 Å². The molecule has 0 saturated heterocycles. The molecule has 1 atom stereocenters. The normalized spacial score (nSPS) is 11.9. The molecular formula is C10H10ClFN2O3. The zero-order chi connectivity index (χ0) is 13.0. The minimum Gasteiger partial charge on any atom is -0.481 e. The molecule has 4 N–H and O–H groups in total. The first kappa shape index (κ1) is 13.4. The van der Waals surface area contributed by atoms with Gasteiger partial charge in [-0.3, -0.25) is 9.59 Å². The fourth-order valence-corrected chi connectivity index (χ4v) is 1.27. The topological polar surface area (TPSA) is 92.4 Å². The predicted molar refractivity (Wildman–Crippen MR) is 60.3 cm³/mol. The minimum atomic E-state index is -1.18. The van der Waals surface area contributed by atoms with Gasteiger partial charge in [-0.2, -0.15) is 0 Å². The van der Waals surface area contributed by atoms with Crippen LogP contribution in [0, 0.1) is 5.82 Å². The van der Waals surface area contributed by atoms with Crippen molar-refractivity contribution in [1.82, 2.24) is 0 Å². The highest BCUT2D eigenvalue weighted by Gasteiger charge is 2.17. The molecule has 1 rings (SSSR count). The van der Waals surface area contributed by atoms with Crippen LogP contribution in [0.25, 0.3) is 0 Å². The van der Waals surface area contributed by atoms with E-state index >= 15 is 0 Å². The number of nitrogens with one attached hydrogen (secondary N) is 1. The van der Waals surface area contributed by atoms with Crippen molar-refractivity contribution in [3.8, 4) is 0 Å². The molecule has 0 aliphatic carbocycles. The number of hydrogen-bond donors (Lipinski definition) is 3. The van der Waals surface area contributed by atoms with Gasteiger partial charge >= 0.3 is 5.97 Å². The Morgan fingerprint density at radius 3 is 2.71 bits per heavy atom.